The molecular weight excluding hydrogens is 258 g/mol. The molecule has 0 spiro atoms. The lowest BCUT2D eigenvalue weighted by atomic mass is 10.1. The first kappa shape index (κ1) is 12.9. The van der Waals surface area contributed by atoms with Gasteiger partial charge in [0.1, 0.15) is 11.8 Å². The highest BCUT2D eigenvalue weighted by molar-refractivity contribution is 5.92. The van der Waals surface area contributed by atoms with Gasteiger partial charge in [-0.25, -0.2) is 0 Å². The summed E-state index contributed by atoms with van der Waals surface area (Å²) in [5.41, 5.74) is 1.46. The average Bonchev–Trinajstić information content (AvgIpc) is 3.19. The Balaban J connectivity index is 1.71. The molecule has 1 aliphatic heterocycles. The van der Waals surface area contributed by atoms with Gasteiger partial charge in [0.05, 0.1) is 12.2 Å². The van der Waals surface area contributed by atoms with Crippen molar-refractivity contribution < 1.29 is 9.53 Å². The van der Waals surface area contributed by atoms with E-state index in [2.05, 4.69) is 20.6 Å². The Bertz CT molecular complexity index is 577. The van der Waals surface area contributed by atoms with Crippen LogP contribution in [0.2, 0.25) is 0 Å². The van der Waals surface area contributed by atoms with Gasteiger partial charge in [0, 0.05) is 31.1 Å². The van der Waals surface area contributed by atoms with E-state index in [-0.39, 0.29) is 18.1 Å². The molecule has 0 aromatic carbocycles. The zero-order valence-corrected chi connectivity index (χ0v) is 11.2. The number of rotatable bonds is 4. The summed E-state index contributed by atoms with van der Waals surface area (Å²) in [7, 11) is 0. The summed E-state index contributed by atoms with van der Waals surface area (Å²) in [5, 5.41) is 13.7. The number of aryl methyl sites for hydroxylation is 1. The number of nitrogens with zero attached hydrogens (tertiary/aromatic N) is 3. The number of carbonyl (C=O) groups is 1. The van der Waals surface area contributed by atoms with Crippen molar-refractivity contribution in [2.75, 3.05) is 6.61 Å². The summed E-state index contributed by atoms with van der Waals surface area (Å²) in [6, 6.07) is 1.61. The fourth-order valence-electron chi connectivity index (χ4n) is 2.39. The van der Waals surface area contributed by atoms with Gasteiger partial charge in [0.2, 0.25) is 0 Å². The second-order valence-electron chi connectivity index (χ2n) is 4.76. The summed E-state index contributed by atoms with van der Waals surface area (Å²) < 4.78 is 7.59. The van der Waals surface area contributed by atoms with E-state index in [1.54, 1.807) is 18.5 Å². The van der Waals surface area contributed by atoms with Crippen molar-refractivity contribution in [3.05, 3.63) is 35.9 Å². The number of hydrogen-bond acceptors (Lipinski definition) is 4. The summed E-state index contributed by atoms with van der Waals surface area (Å²) in [4.78, 5) is 12.0. The van der Waals surface area contributed by atoms with E-state index < -0.39 is 0 Å². The van der Waals surface area contributed by atoms with Crippen LogP contribution in [0.25, 0.3) is 0 Å². The van der Waals surface area contributed by atoms with Crippen molar-refractivity contribution in [1.82, 2.24) is 25.3 Å². The molecule has 0 saturated carbocycles. The molecule has 20 heavy (non-hydrogen) atoms. The molecule has 2 aromatic rings. The number of amides is 1. The van der Waals surface area contributed by atoms with Crippen LogP contribution in [0.15, 0.2) is 24.7 Å². The number of carbonyl (C=O) groups excluding carboxylic acids is 1. The molecule has 7 nitrogen and oxygen atoms in total. The first-order chi connectivity index (χ1) is 9.78. The Kier molecular flexibility index (Phi) is 3.51. The van der Waals surface area contributed by atoms with E-state index in [4.69, 9.17) is 4.74 Å². The number of hydrogen-bond donors (Lipinski definition) is 2. The molecule has 1 saturated heterocycles. The minimum atomic E-state index is -0.161. The molecule has 0 radical (unpaired) electrons. The van der Waals surface area contributed by atoms with Crippen LogP contribution in [0, 0.1) is 0 Å². The number of H-pyrrole nitrogens is 1. The Labute approximate surface area is 116 Å². The second-order valence-corrected chi connectivity index (χ2v) is 4.76. The van der Waals surface area contributed by atoms with Crippen molar-refractivity contribution in [2.24, 2.45) is 0 Å². The normalized spacial score (nSPS) is 22.1. The summed E-state index contributed by atoms with van der Waals surface area (Å²) in [6.45, 7) is 3.48. The van der Waals surface area contributed by atoms with Crippen LogP contribution < -0.4 is 5.32 Å². The first-order valence-electron chi connectivity index (χ1n) is 6.72. The predicted molar refractivity (Wildman–Crippen MR) is 71.1 cm³/mol. The molecule has 1 aliphatic rings. The quantitative estimate of drug-likeness (QED) is 0.867. The van der Waals surface area contributed by atoms with E-state index in [1.165, 1.54) is 0 Å². The highest BCUT2D eigenvalue weighted by atomic mass is 16.5. The monoisotopic (exact) mass is 275 g/mol. The van der Waals surface area contributed by atoms with Crippen molar-refractivity contribution in [3.63, 3.8) is 0 Å². The van der Waals surface area contributed by atoms with Gasteiger partial charge in [0.25, 0.3) is 5.91 Å². The molecule has 2 N–H and O–H groups in total. The smallest absolute Gasteiger partial charge is 0.269 e. The third kappa shape index (κ3) is 2.44. The third-order valence-corrected chi connectivity index (χ3v) is 3.46. The molecule has 3 heterocycles. The van der Waals surface area contributed by atoms with Crippen molar-refractivity contribution in [2.45, 2.75) is 32.0 Å². The largest absolute Gasteiger partial charge is 0.371 e. The fraction of sp³-hybridized carbons (Fsp3) is 0.462. The number of aromatic nitrogens is 4. The van der Waals surface area contributed by atoms with E-state index >= 15 is 0 Å². The Morgan fingerprint density at radius 2 is 2.55 bits per heavy atom. The Hall–Kier alpha value is -2.15. The van der Waals surface area contributed by atoms with Crippen LogP contribution in [0.3, 0.4) is 0 Å². The molecule has 1 fully saturated rings. The predicted octanol–water partition coefficient (Wildman–Crippen LogP) is 0.886. The number of aromatic amines is 1. The lowest BCUT2D eigenvalue weighted by Crippen LogP contribution is -2.36. The number of nitrogens with one attached hydrogen (secondary N) is 2. The molecule has 0 bridgehead atoms. The molecule has 3 rings (SSSR count). The second kappa shape index (κ2) is 5.46. The maximum atomic E-state index is 12.0. The highest BCUT2D eigenvalue weighted by Crippen LogP contribution is 2.29. The average molecular weight is 275 g/mol. The minimum absolute atomic E-state index is 0.0414. The molecular formula is C13H17N5O2. The van der Waals surface area contributed by atoms with Gasteiger partial charge >= 0.3 is 0 Å². The molecule has 2 atom stereocenters. The highest BCUT2D eigenvalue weighted by Gasteiger charge is 2.32. The molecule has 106 valence electrons. The van der Waals surface area contributed by atoms with E-state index in [9.17, 15) is 4.79 Å². The Morgan fingerprint density at radius 3 is 3.25 bits per heavy atom. The summed E-state index contributed by atoms with van der Waals surface area (Å²) in [6.07, 6.45) is 5.98. The molecule has 2 aromatic heterocycles. The lowest BCUT2D eigenvalue weighted by molar-refractivity contribution is 0.0817. The van der Waals surface area contributed by atoms with Crippen molar-refractivity contribution >= 4 is 5.91 Å². The summed E-state index contributed by atoms with van der Waals surface area (Å²) in [5.74, 6) is -0.161. The van der Waals surface area contributed by atoms with E-state index in [0.717, 1.165) is 18.5 Å². The van der Waals surface area contributed by atoms with E-state index in [0.29, 0.717) is 12.3 Å². The number of ether oxygens (including phenoxy) is 1. The van der Waals surface area contributed by atoms with Gasteiger partial charge < -0.3 is 10.1 Å². The Morgan fingerprint density at radius 1 is 1.65 bits per heavy atom. The fourth-order valence-corrected chi connectivity index (χ4v) is 2.39. The SMILES string of the molecule is CCn1cc([C@H]2OCC[C@@H]2NC(=O)c2ccn[nH]2)cn1. The topological polar surface area (TPSA) is 84.8 Å². The van der Waals surface area contributed by atoms with Crippen LogP contribution in [0.1, 0.15) is 35.5 Å². The molecule has 0 aliphatic carbocycles. The van der Waals surface area contributed by atoms with Crippen LogP contribution in [-0.4, -0.2) is 38.5 Å². The third-order valence-electron chi connectivity index (χ3n) is 3.46. The van der Waals surface area contributed by atoms with Crippen molar-refractivity contribution in [1.29, 1.82) is 0 Å². The lowest BCUT2D eigenvalue weighted by Gasteiger charge is -2.18. The van der Waals surface area contributed by atoms with Gasteiger partial charge in [-0.15, -0.1) is 0 Å². The van der Waals surface area contributed by atoms with Crippen molar-refractivity contribution in [3.8, 4) is 0 Å². The van der Waals surface area contributed by atoms with E-state index in [1.807, 2.05) is 17.8 Å². The van der Waals surface area contributed by atoms with Gasteiger partial charge in [-0.2, -0.15) is 10.2 Å². The summed E-state index contributed by atoms with van der Waals surface area (Å²) >= 11 is 0. The minimum Gasteiger partial charge on any atom is -0.371 e. The van der Waals surface area contributed by atoms with Gasteiger partial charge in [-0.3, -0.25) is 14.6 Å². The van der Waals surface area contributed by atoms with Crippen LogP contribution >= 0.6 is 0 Å². The van der Waals surface area contributed by atoms with Gasteiger partial charge in [0.15, 0.2) is 0 Å². The molecule has 7 heteroatoms. The maximum absolute atomic E-state index is 12.0. The standard InChI is InChI=1S/C13H17N5O2/c1-2-18-8-9(7-15-18)12-10(4-6-20-12)16-13(19)11-3-5-14-17-11/h3,5,7-8,10,12H,2,4,6H2,1H3,(H,14,17)(H,16,19)/t10-,12+/m0/s1. The maximum Gasteiger partial charge on any atom is 0.269 e. The van der Waals surface area contributed by atoms with Crippen LogP contribution in [0.4, 0.5) is 0 Å². The zero-order chi connectivity index (χ0) is 13.9. The van der Waals surface area contributed by atoms with Crippen LogP contribution in [-0.2, 0) is 11.3 Å². The zero-order valence-electron chi connectivity index (χ0n) is 11.2. The van der Waals surface area contributed by atoms with Gasteiger partial charge in [-0.05, 0) is 19.4 Å². The first-order valence-corrected chi connectivity index (χ1v) is 6.72. The van der Waals surface area contributed by atoms with Gasteiger partial charge in [-0.1, -0.05) is 0 Å². The molecule has 1 amide bonds. The van der Waals surface area contributed by atoms with Crippen LogP contribution in [0.5, 0.6) is 0 Å². The molecule has 0 unspecified atom stereocenters.